The third-order valence-electron chi connectivity index (χ3n) is 6.63. The minimum Gasteiger partial charge on any atom is -0.357 e. The van der Waals surface area contributed by atoms with Crippen molar-refractivity contribution in [3.63, 3.8) is 0 Å². The molecule has 35 heavy (non-hydrogen) atoms. The predicted octanol–water partition coefficient (Wildman–Crippen LogP) is 3.47. The molecule has 1 aromatic carbocycles. The summed E-state index contributed by atoms with van der Waals surface area (Å²) < 4.78 is 44.1. The molecule has 0 bridgehead atoms. The molecular formula is C25H32F3N5O2. The number of rotatable bonds is 6. The highest BCUT2D eigenvalue weighted by Gasteiger charge is 2.36. The van der Waals surface area contributed by atoms with E-state index in [9.17, 15) is 22.8 Å². The molecule has 2 heterocycles. The number of halogens is 3. The van der Waals surface area contributed by atoms with Crippen molar-refractivity contribution in [3.8, 4) is 11.4 Å². The Morgan fingerprint density at radius 2 is 1.80 bits per heavy atom. The largest absolute Gasteiger partial charge is 0.357 e. The minimum absolute atomic E-state index is 0.0602. The standard InChI is InChI=1S/C25H32F3N5O2/c1-25(2,3)21(24(35)29-4)31-23(34)20-19-13-32(12-14-6-7-14)8-5-9-33(19)22(30-20)15-10-17(27)18(28)11-16(15)26/h10-11,14,21H,5-9,12-13H2,1-4H3,(H,29,35)(H,31,34). The zero-order chi connectivity index (χ0) is 25.5. The van der Waals surface area contributed by atoms with Gasteiger partial charge in [-0.25, -0.2) is 18.2 Å². The first-order chi connectivity index (χ1) is 16.5. The van der Waals surface area contributed by atoms with Crippen molar-refractivity contribution in [1.29, 1.82) is 0 Å². The van der Waals surface area contributed by atoms with Gasteiger partial charge < -0.3 is 15.2 Å². The third kappa shape index (κ3) is 5.37. The normalized spacial score (nSPS) is 17.5. The van der Waals surface area contributed by atoms with E-state index in [2.05, 4.69) is 20.5 Å². The van der Waals surface area contributed by atoms with Crippen LogP contribution in [0.2, 0.25) is 0 Å². The number of hydrogen-bond donors (Lipinski definition) is 2. The third-order valence-corrected chi connectivity index (χ3v) is 6.63. The Bertz CT molecular complexity index is 1140. The van der Waals surface area contributed by atoms with Gasteiger partial charge in [-0.3, -0.25) is 14.5 Å². The Morgan fingerprint density at radius 3 is 2.43 bits per heavy atom. The molecule has 1 atom stereocenters. The molecule has 1 aromatic heterocycles. The van der Waals surface area contributed by atoms with Crippen molar-refractivity contribution in [2.24, 2.45) is 11.3 Å². The first kappa shape index (κ1) is 25.2. The Balaban J connectivity index is 1.78. The first-order valence-electron chi connectivity index (χ1n) is 12.0. The summed E-state index contributed by atoms with van der Waals surface area (Å²) >= 11 is 0. The van der Waals surface area contributed by atoms with E-state index in [1.165, 1.54) is 19.9 Å². The summed E-state index contributed by atoms with van der Waals surface area (Å²) in [7, 11) is 1.50. The maximum atomic E-state index is 14.7. The molecule has 1 aliphatic carbocycles. The van der Waals surface area contributed by atoms with E-state index >= 15 is 0 Å². The van der Waals surface area contributed by atoms with Crippen LogP contribution in [0.4, 0.5) is 13.2 Å². The second kappa shape index (κ2) is 9.64. The lowest BCUT2D eigenvalue weighted by atomic mass is 9.86. The average Bonchev–Trinajstić information content (AvgIpc) is 3.57. The fourth-order valence-corrected chi connectivity index (χ4v) is 4.55. The number of nitrogens with zero attached hydrogens (tertiary/aromatic N) is 3. The number of carbonyl (C=O) groups is 2. The number of likely N-dealkylation sites (N-methyl/N-ethyl adjacent to an activating group) is 1. The van der Waals surface area contributed by atoms with Gasteiger partial charge in [0.2, 0.25) is 5.91 Å². The van der Waals surface area contributed by atoms with Gasteiger partial charge >= 0.3 is 0 Å². The van der Waals surface area contributed by atoms with Gasteiger partial charge in [-0.1, -0.05) is 20.8 Å². The van der Waals surface area contributed by atoms with Gasteiger partial charge in [0.1, 0.15) is 17.7 Å². The zero-order valence-corrected chi connectivity index (χ0v) is 20.6. The summed E-state index contributed by atoms with van der Waals surface area (Å²) in [5.74, 6) is -3.66. The summed E-state index contributed by atoms with van der Waals surface area (Å²) in [5, 5.41) is 5.36. The number of benzene rings is 1. The molecular weight excluding hydrogens is 459 g/mol. The minimum atomic E-state index is -1.29. The van der Waals surface area contributed by atoms with Gasteiger partial charge in [-0.05, 0) is 36.7 Å². The SMILES string of the molecule is CNC(=O)C(NC(=O)c1nc(-c2cc(F)c(F)cc2F)n2c1CN(CC1CC1)CCC2)C(C)(C)C. The smallest absolute Gasteiger partial charge is 0.272 e. The number of imidazole rings is 1. The maximum Gasteiger partial charge on any atom is 0.272 e. The zero-order valence-electron chi connectivity index (χ0n) is 20.6. The van der Waals surface area contributed by atoms with Crippen LogP contribution in [0.3, 0.4) is 0 Å². The van der Waals surface area contributed by atoms with Crippen LogP contribution in [-0.4, -0.2) is 52.4 Å². The van der Waals surface area contributed by atoms with E-state index in [0.717, 1.165) is 25.6 Å². The van der Waals surface area contributed by atoms with Crippen LogP contribution >= 0.6 is 0 Å². The van der Waals surface area contributed by atoms with Crippen molar-refractivity contribution in [3.05, 3.63) is 41.0 Å². The van der Waals surface area contributed by atoms with Crippen molar-refractivity contribution >= 4 is 11.8 Å². The van der Waals surface area contributed by atoms with Crippen LogP contribution < -0.4 is 10.6 Å². The summed E-state index contributed by atoms with van der Waals surface area (Å²) in [4.78, 5) is 32.7. The molecule has 4 rings (SSSR count). The van der Waals surface area contributed by atoms with Crippen LogP contribution in [0.25, 0.3) is 11.4 Å². The van der Waals surface area contributed by atoms with Crippen LogP contribution in [0.15, 0.2) is 12.1 Å². The number of amides is 2. The van der Waals surface area contributed by atoms with Gasteiger partial charge in [-0.15, -0.1) is 0 Å². The molecule has 2 N–H and O–H groups in total. The van der Waals surface area contributed by atoms with E-state index in [-0.39, 0.29) is 23.0 Å². The lowest BCUT2D eigenvalue weighted by Crippen LogP contribution is -2.53. The van der Waals surface area contributed by atoms with Gasteiger partial charge in [0.15, 0.2) is 17.3 Å². The number of nitrogens with one attached hydrogen (secondary N) is 2. The molecule has 0 saturated heterocycles. The molecule has 7 nitrogen and oxygen atoms in total. The number of aromatic nitrogens is 2. The van der Waals surface area contributed by atoms with Crippen molar-refractivity contribution in [1.82, 2.24) is 25.1 Å². The number of carbonyl (C=O) groups excluding carboxylic acids is 2. The second-order valence-electron chi connectivity index (χ2n) is 10.5. The average molecular weight is 492 g/mol. The highest BCUT2D eigenvalue weighted by atomic mass is 19.2. The quantitative estimate of drug-likeness (QED) is 0.607. The van der Waals surface area contributed by atoms with Crippen molar-refractivity contribution in [2.45, 2.75) is 59.2 Å². The topological polar surface area (TPSA) is 79.3 Å². The van der Waals surface area contributed by atoms with Gasteiger partial charge in [0.05, 0.1) is 11.3 Å². The fourth-order valence-electron chi connectivity index (χ4n) is 4.55. The van der Waals surface area contributed by atoms with Crippen LogP contribution in [0, 0.1) is 28.8 Å². The molecule has 0 radical (unpaired) electrons. The Hall–Kier alpha value is -2.88. The number of hydrogen-bond acceptors (Lipinski definition) is 4. The van der Waals surface area contributed by atoms with Crippen LogP contribution in [0.1, 0.15) is 56.2 Å². The van der Waals surface area contributed by atoms with E-state index in [1.807, 2.05) is 20.8 Å². The molecule has 2 aliphatic rings. The molecule has 1 saturated carbocycles. The fraction of sp³-hybridized carbons (Fsp3) is 0.560. The summed E-state index contributed by atoms with van der Waals surface area (Å²) in [6.07, 6.45) is 3.08. The van der Waals surface area contributed by atoms with E-state index in [1.54, 1.807) is 4.57 Å². The molecule has 0 spiro atoms. The molecule has 1 aliphatic heterocycles. The Morgan fingerprint density at radius 1 is 1.11 bits per heavy atom. The van der Waals surface area contributed by atoms with Crippen molar-refractivity contribution < 1.29 is 22.8 Å². The van der Waals surface area contributed by atoms with E-state index in [4.69, 9.17) is 0 Å². The lowest BCUT2D eigenvalue weighted by molar-refractivity contribution is -0.124. The number of fused-ring (bicyclic) bond motifs is 1. The monoisotopic (exact) mass is 491 g/mol. The van der Waals surface area contributed by atoms with Crippen molar-refractivity contribution in [2.75, 3.05) is 20.1 Å². The van der Waals surface area contributed by atoms with E-state index < -0.39 is 34.8 Å². The Labute approximate surface area is 203 Å². The summed E-state index contributed by atoms with van der Waals surface area (Å²) in [6, 6.07) is 0.426. The Kier molecular flexibility index (Phi) is 6.95. The second-order valence-corrected chi connectivity index (χ2v) is 10.5. The van der Waals surface area contributed by atoms with E-state index in [0.29, 0.717) is 30.8 Å². The lowest BCUT2D eigenvalue weighted by Gasteiger charge is -2.29. The van der Waals surface area contributed by atoms with Crippen LogP contribution in [-0.2, 0) is 17.9 Å². The van der Waals surface area contributed by atoms with Gasteiger partial charge in [-0.2, -0.15) is 0 Å². The molecule has 2 amide bonds. The van der Waals surface area contributed by atoms with Gasteiger partial charge in [0.25, 0.3) is 5.91 Å². The molecule has 1 unspecified atom stereocenters. The first-order valence-corrected chi connectivity index (χ1v) is 12.0. The highest BCUT2D eigenvalue weighted by molar-refractivity contribution is 5.97. The molecule has 2 aromatic rings. The van der Waals surface area contributed by atoms with Crippen LogP contribution in [0.5, 0.6) is 0 Å². The predicted molar refractivity (Wildman–Crippen MR) is 125 cm³/mol. The highest BCUT2D eigenvalue weighted by Crippen LogP contribution is 2.33. The summed E-state index contributed by atoms with van der Waals surface area (Å²) in [6.45, 7) is 8.05. The molecule has 10 heteroatoms. The maximum absolute atomic E-state index is 14.7. The molecule has 190 valence electrons. The summed E-state index contributed by atoms with van der Waals surface area (Å²) in [5.41, 5.74) is -0.160. The van der Waals surface area contributed by atoms with Gasteiger partial charge in [0, 0.05) is 39.3 Å². The molecule has 1 fully saturated rings.